The Balaban J connectivity index is 2.60. The molecule has 0 fully saturated rings. The highest BCUT2D eigenvalue weighted by molar-refractivity contribution is 5.90. The smallest absolute Gasteiger partial charge is 0.341 e. The lowest BCUT2D eigenvalue weighted by Gasteiger charge is -2.02. The predicted molar refractivity (Wildman–Crippen MR) is 72.9 cm³/mol. The van der Waals surface area contributed by atoms with Crippen LogP contribution in [-0.2, 0) is 4.74 Å². The average Bonchev–Trinajstić information content (AvgIpc) is 2.87. The summed E-state index contributed by atoms with van der Waals surface area (Å²) in [4.78, 5) is 31.9. The highest BCUT2D eigenvalue weighted by atomic mass is 16.6. The Morgan fingerprint density at radius 3 is 2.50 bits per heavy atom. The summed E-state index contributed by atoms with van der Waals surface area (Å²) >= 11 is 0. The first-order chi connectivity index (χ1) is 10.3. The van der Waals surface area contributed by atoms with Crippen LogP contribution in [0.15, 0.2) is 24.4 Å². The number of aryl methyl sites for hydroxylation is 1. The molecule has 0 aliphatic carbocycles. The second-order valence-electron chi connectivity index (χ2n) is 4.25. The minimum absolute atomic E-state index is 0.00820. The molecule has 1 heterocycles. The van der Waals surface area contributed by atoms with Gasteiger partial charge in [-0.25, -0.2) is 9.48 Å². The lowest BCUT2D eigenvalue weighted by Crippen LogP contribution is -2.02. The van der Waals surface area contributed by atoms with Crippen LogP contribution in [0.4, 0.5) is 11.4 Å². The van der Waals surface area contributed by atoms with E-state index >= 15 is 0 Å². The number of hydrogen-bond donors (Lipinski definition) is 0. The summed E-state index contributed by atoms with van der Waals surface area (Å²) in [5.41, 5.74) is -0.427. The Labute approximate surface area is 123 Å². The van der Waals surface area contributed by atoms with Gasteiger partial charge in [-0.3, -0.25) is 20.2 Å². The molecule has 1 aromatic carbocycles. The number of esters is 1. The van der Waals surface area contributed by atoms with Crippen molar-refractivity contribution in [2.24, 2.45) is 0 Å². The van der Waals surface area contributed by atoms with E-state index in [-0.39, 0.29) is 11.3 Å². The van der Waals surface area contributed by atoms with E-state index < -0.39 is 27.2 Å². The molecule has 2 aromatic rings. The molecule has 0 radical (unpaired) electrons. The van der Waals surface area contributed by atoms with Crippen LogP contribution in [0.5, 0.6) is 0 Å². The van der Waals surface area contributed by atoms with Crippen LogP contribution in [0.1, 0.15) is 16.1 Å². The molecule has 10 nitrogen and oxygen atoms in total. The number of nitro groups is 2. The number of aromatic nitrogens is 2. The number of carbonyl (C=O) groups excluding carboxylic acids is 1. The highest BCUT2D eigenvalue weighted by Gasteiger charge is 2.23. The molecule has 0 aliphatic heterocycles. The van der Waals surface area contributed by atoms with Gasteiger partial charge in [-0.2, -0.15) is 5.10 Å². The first kappa shape index (κ1) is 15.1. The SMILES string of the molecule is COC(=O)c1cn(-c2ccc([N+](=O)[O-])cc2[N+](=O)[O-])nc1C. The Kier molecular flexibility index (Phi) is 3.84. The Morgan fingerprint density at radius 2 is 1.95 bits per heavy atom. The van der Waals surface area contributed by atoms with Gasteiger partial charge < -0.3 is 4.74 Å². The maximum absolute atomic E-state index is 11.5. The first-order valence-electron chi connectivity index (χ1n) is 5.93. The van der Waals surface area contributed by atoms with Crippen molar-refractivity contribution in [3.05, 3.63) is 55.9 Å². The molecule has 0 saturated heterocycles. The van der Waals surface area contributed by atoms with E-state index in [1.807, 2.05) is 0 Å². The summed E-state index contributed by atoms with van der Waals surface area (Å²) in [6.45, 7) is 1.54. The average molecular weight is 306 g/mol. The maximum Gasteiger partial charge on any atom is 0.341 e. The lowest BCUT2D eigenvalue weighted by atomic mass is 10.2. The molecule has 2 rings (SSSR count). The van der Waals surface area contributed by atoms with Crippen LogP contribution in [-0.4, -0.2) is 32.7 Å². The quantitative estimate of drug-likeness (QED) is 0.478. The fraction of sp³-hybridized carbons (Fsp3) is 0.167. The largest absolute Gasteiger partial charge is 0.465 e. The molecule has 1 aromatic heterocycles. The molecule has 0 spiro atoms. The molecule has 0 bridgehead atoms. The summed E-state index contributed by atoms with van der Waals surface area (Å²) < 4.78 is 5.69. The zero-order valence-electron chi connectivity index (χ0n) is 11.5. The number of methoxy groups -OCH3 is 1. The molecule has 0 N–H and O–H groups in total. The van der Waals surface area contributed by atoms with Gasteiger partial charge in [-0.05, 0) is 13.0 Å². The van der Waals surface area contributed by atoms with Crippen molar-refractivity contribution in [2.45, 2.75) is 6.92 Å². The Bertz CT molecular complexity index is 782. The van der Waals surface area contributed by atoms with Crippen molar-refractivity contribution in [3.63, 3.8) is 0 Å². The molecule has 22 heavy (non-hydrogen) atoms. The van der Waals surface area contributed by atoms with Gasteiger partial charge >= 0.3 is 11.7 Å². The molecule has 0 atom stereocenters. The van der Waals surface area contributed by atoms with Gasteiger partial charge in [0.25, 0.3) is 5.69 Å². The van der Waals surface area contributed by atoms with Crippen molar-refractivity contribution < 1.29 is 19.4 Å². The van der Waals surface area contributed by atoms with E-state index in [1.54, 1.807) is 6.92 Å². The van der Waals surface area contributed by atoms with Crippen LogP contribution >= 0.6 is 0 Å². The van der Waals surface area contributed by atoms with Gasteiger partial charge in [0.2, 0.25) is 0 Å². The number of rotatable bonds is 4. The molecular weight excluding hydrogens is 296 g/mol. The lowest BCUT2D eigenvalue weighted by molar-refractivity contribution is -0.394. The number of non-ortho nitro benzene ring substituents is 1. The normalized spacial score (nSPS) is 10.3. The monoisotopic (exact) mass is 306 g/mol. The molecule has 0 aliphatic rings. The number of benzene rings is 1. The van der Waals surface area contributed by atoms with Gasteiger partial charge in [0.1, 0.15) is 11.3 Å². The second-order valence-corrected chi connectivity index (χ2v) is 4.25. The topological polar surface area (TPSA) is 130 Å². The summed E-state index contributed by atoms with van der Waals surface area (Å²) in [5.74, 6) is -0.631. The zero-order chi connectivity index (χ0) is 16.4. The zero-order valence-corrected chi connectivity index (χ0v) is 11.5. The minimum atomic E-state index is -0.753. The van der Waals surface area contributed by atoms with Gasteiger partial charge in [0.05, 0.1) is 28.7 Å². The van der Waals surface area contributed by atoms with Crippen molar-refractivity contribution in [1.29, 1.82) is 0 Å². The number of ether oxygens (including phenoxy) is 1. The fourth-order valence-corrected chi connectivity index (χ4v) is 1.86. The Morgan fingerprint density at radius 1 is 1.27 bits per heavy atom. The van der Waals surface area contributed by atoms with Crippen molar-refractivity contribution in [2.75, 3.05) is 7.11 Å². The molecule has 114 valence electrons. The molecule has 0 amide bonds. The van der Waals surface area contributed by atoms with Gasteiger partial charge in [0, 0.05) is 12.3 Å². The fourth-order valence-electron chi connectivity index (χ4n) is 1.86. The summed E-state index contributed by atoms with van der Waals surface area (Å²) in [6, 6.07) is 3.16. The summed E-state index contributed by atoms with van der Waals surface area (Å²) in [6.07, 6.45) is 1.27. The van der Waals surface area contributed by atoms with Crippen LogP contribution in [0.2, 0.25) is 0 Å². The number of carbonyl (C=O) groups is 1. The van der Waals surface area contributed by atoms with Crippen molar-refractivity contribution in [3.8, 4) is 5.69 Å². The van der Waals surface area contributed by atoms with E-state index in [4.69, 9.17) is 0 Å². The van der Waals surface area contributed by atoms with Gasteiger partial charge in [-0.15, -0.1) is 0 Å². The maximum atomic E-state index is 11.5. The minimum Gasteiger partial charge on any atom is -0.465 e. The molecule has 0 unspecified atom stereocenters. The van der Waals surface area contributed by atoms with Crippen LogP contribution in [0, 0.1) is 27.2 Å². The second kappa shape index (κ2) is 5.60. The first-order valence-corrected chi connectivity index (χ1v) is 5.93. The van der Waals surface area contributed by atoms with Crippen LogP contribution < -0.4 is 0 Å². The summed E-state index contributed by atoms with van der Waals surface area (Å²) in [5, 5.41) is 25.8. The third-order valence-electron chi connectivity index (χ3n) is 2.92. The molecule has 0 saturated carbocycles. The van der Waals surface area contributed by atoms with Crippen LogP contribution in [0.25, 0.3) is 5.69 Å². The van der Waals surface area contributed by atoms with E-state index in [9.17, 15) is 25.0 Å². The molecule has 10 heteroatoms. The summed E-state index contributed by atoms with van der Waals surface area (Å²) in [7, 11) is 1.20. The van der Waals surface area contributed by atoms with E-state index in [0.29, 0.717) is 5.69 Å². The van der Waals surface area contributed by atoms with E-state index in [2.05, 4.69) is 9.84 Å². The van der Waals surface area contributed by atoms with E-state index in [0.717, 1.165) is 16.8 Å². The van der Waals surface area contributed by atoms with Gasteiger partial charge in [-0.1, -0.05) is 0 Å². The third-order valence-corrected chi connectivity index (χ3v) is 2.92. The number of hydrogen-bond acceptors (Lipinski definition) is 7. The highest BCUT2D eigenvalue weighted by Crippen LogP contribution is 2.28. The Hall–Kier alpha value is -3.30. The van der Waals surface area contributed by atoms with Gasteiger partial charge in [0.15, 0.2) is 0 Å². The molecular formula is C12H10N4O6. The predicted octanol–water partition coefficient (Wildman–Crippen LogP) is 1.78. The van der Waals surface area contributed by atoms with E-state index in [1.165, 1.54) is 19.4 Å². The van der Waals surface area contributed by atoms with Crippen molar-refractivity contribution >= 4 is 17.3 Å². The number of nitrogens with zero attached hydrogens (tertiary/aromatic N) is 4. The number of nitro benzene ring substituents is 2. The van der Waals surface area contributed by atoms with Crippen LogP contribution in [0.3, 0.4) is 0 Å². The standard InChI is InChI=1S/C12H10N4O6/c1-7-9(12(17)22-2)6-14(13-7)10-4-3-8(15(18)19)5-11(10)16(20)21/h3-6H,1-2H3. The third kappa shape index (κ3) is 2.61. The van der Waals surface area contributed by atoms with Crippen molar-refractivity contribution in [1.82, 2.24) is 9.78 Å².